The van der Waals surface area contributed by atoms with Crippen LogP contribution in [0.15, 0.2) is 59.1 Å². The molecule has 1 saturated heterocycles. The number of rotatable bonds is 8. The highest BCUT2D eigenvalue weighted by Gasteiger charge is 2.32. The van der Waals surface area contributed by atoms with E-state index in [1.54, 1.807) is 12.1 Å². The Morgan fingerprint density at radius 2 is 1.94 bits per heavy atom. The van der Waals surface area contributed by atoms with Crippen LogP contribution in [0.3, 0.4) is 0 Å². The first-order valence-corrected chi connectivity index (χ1v) is 11.2. The lowest BCUT2D eigenvalue weighted by atomic mass is 10.1. The third-order valence-electron chi connectivity index (χ3n) is 4.44. The van der Waals surface area contributed by atoms with Crippen molar-refractivity contribution in [1.29, 1.82) is 0 Å². The minimum atomic E-state index is -0.579. The highest BCUT2D eigenvalue weighted by Crippen LogP contribution is 2.38. The van der Waals surface area contributed by atoms with Crippen LogP contribution in [0.1, 0.15) is 18.1 Å². The monoisotopic (exact) mass is 534 g/mol. The molecule has 2 amide bonds. The van der Waals surface area contributed by atoms with Crippen molar-refractivity contribution in [3.8, 4) is 11.5 Å². The zero-order chi connectivity index (χ0) is 23.3. The molecule has 0 spiro atoms. The molecule has 0 aromatic heterocycles. The third kappa shape index (κ3) is 5.56. The van der Waals surface area contributed by atoms with Crippen molar-refractivity contribution in [2.45, 2.75) is 13.5 Å². The van der Waals surface area contributed by atoms with Crippen LogP contribution in [0, 0.1) is 0 Å². The topological polar surface area (TPSA) is 67.9 Å². The Morgan fingerprint density at radius 1 is 1.22 bits per heavy atom. The van der Waals surface area contributed by atoms with Crippen molar-refractivity contribution in [2.75, 3.05) is 13.2 Å². The molecule has 1 heterocycles. The van der Waals surface area contributed by atoms with Gasteiger partial charge in [0.15, 0.2) is 16.6 Å². The van der Waals surface area contributed by atoms with Crippen LogP contribution in [0.5, 0.6) is 11.5 Å². The van der Waals surface area contributed by atoms with Gasteiger partial charge in [-0.25, -0.2) is 0 Å². The second-order valence-electron chi connectivity index (χ2n) is 6.70. The van der Waals surface area contributed by atoms with Gasteiger partial charge in [-0.05, 0) is 60.6 Å². The predicted octanol–water partition coefficient (Wildman–Crippen LogP) is 4.89. The fraction of sp³-hybridized carbons (Fsp3) is 0.174. The maximum Gasteiger partial charge on any atom is 0.265 e. The first-order valence-electron chi connectivity index (χ1n) is 9.67. The van der Waals surface area contributed by atoms with Crippen LogP contribution < -0.4 is 14.8 Å². The van der Waals surface area contributed by atoms with E-state index in [0.29, 0.717) is 35.3 Å². The maximum atomic E-state index is 12.8. The minimum Gasteiger partial charge on any atom is -0.490 e. The highest BCUT2D eigenvalue weighted by molar-refractivity contribution is 9.10. The molecule has 1 aliphatic rings. The number of amides is 2. The van der Waals surface area contributed by atoms with Crippen LogP contribution in [0.2, 0.25) is 5.02 Å². The second-order valence-corrected chi connectivity index (χ2v) is 8.41. The average molecular weight is 536 g/mol. The zero-order valence-corrected chi connectivity index (χ0v) is 20.4. The first-order chi connectivity index (χ1) is 15.3. The van der Waals surface area contributed by atoms with Gasteiger partial charge in [0.05, 0.1) is 11.6 Å². The molecule has 32 heavy (non-hydrogen) atoms. The molecule has 3 rings (SSSR count). The van der Waals surface area contributed by atoms with E-state index < -0.39 is 11.8 Å². The summed E-state index contributed by atoms with van der Waals surface area (Å²) in [5.74, 6) is -0.299. The van der Waals surface area contributed by atoms with E-state index in [1.807, 2.05) is 31.2 Å². The van der Waals surface area contributed by atoms with E-state index in [1.165, 1.54) is 17.1 Å². The van der Waals surface area contributed by atoms with Gasteiger partial charge in [-0.1, -0.05) is 45.7 Å². The quantitative estimate of drug-likeness (QED) is 0.226. The Balaban J connectivity index is 1.91. The average Bonchev–Trinajstić information content (AvgIpc) is 2.75. The van der Waals surface area contributed by atoms with Crippen molar-refractivity contribution in [3.05, 3.63) is 75.2 Å². The van der Waals surface area contributed by atoms with Crippen molar-refractivity contribution in [1.82, 2.24) is 10.2 Å². The number of nitrogens with one attached hydrogen (secondary N) is 1. The Hall–Kier alpha value is -2.68. The molecular weight excluding hydrogens is 516 g/mol. The van der Waals surface area contributed by atoms with E-state index in [9.17, 15) is 9.59 Å². The van der Waals surface area contributed by atoms with Gasteiger partial charge in [-0.3, -0.25) is 19.8 Å². The number of ether oxygens (including phenoxy) is 2. The fourth-order valence-electron chi connectivity index (χ4n) is 2.97. The van der Waals surface area contributed by atoms with Gasteiger partial charge in [0.25, 0.3) is 11.8 Å². The Labute approximate surface area is 205 Å². The van der Waals surface area contributed by atoms with Gasteiger partial charge in [0.1, 0.15) is 12.2 Å². The number of carbonyl (C=O) groups excluding carboxylic acids is 2. The molecule has 0 atom stereocenters. The third-order valence-corrected chi connectivity index (χ3v) is 5.57. The Bertz CT molecular complexity index is 1100. The number of thiocarbonyl (C=S) groups is 1. The fourth-order valence-corrected chi connectivity index (χ4v) is 3.75. The molecule has 9 heteroatoms. The van der Waals surface area contributed by atoms with E-state index in [2.05, 4.69) is 27.8 Å². The molecule has 0 bridgehead atoms. The van der Waals surface area contributed by atoms with Crippen LogP contribution in [0.25, 0.3) is 6.08 Å². The van der Waals surface area contributed by atoms with E-state index in [4.69, 9.17) is 33.3 Å². The molecule has 1 N–H and O–H groups in total. The lowest BCUT2D eigenvalue weighted by Crippen LogP contribution is -2.53. The summed E-state index contributed by atoms with van der Waals surface area (Å²) in [6, 6.07) is 11.0. The summed E-state index contributed by atoms with van der Waals surface area (Å²) < 4.78 is 12.6. The summed E-state index contributed by atoms with van der Waals surface area (Å²) in [5, 5.41) is 2.85. The van der Waals surface area contributed by atoms with Crippen molar-refractivity contribution in [3.63, 3.8) is 0 Å². The minimum absolute atomic E-state index is 0.0433. The molecule has 166 valence electrons. The van der Waals surface area contributed by atoms with E-state index in [-0.39, 0.29) is 17.2 Å². The number of halogens is 2. The molecule has 0 unspecified atom stereocenters. The van der Waals surface area contributed by atoms with Gasteiger partial charge < -0.3 is 9.47 Å². The van der Waals surface area contributed by atoms with Crippen molar-refractivity contribution in [2.24, 2.45) is 0 Å². The smallest absolute Gasteiger partial charge is 0.265 e. The number of carbonyl (C=O) groups is 2. The highest BCUT2D eigenvalue weighted by atomic mass is 79.9. The molecular formula is C23H20BrClN2O4S. The maximum absolute atomic E-state index is 12.8. The van der Waals surface area contributed by atoms with Gasteiger partial charge in [-0.2, -0.15) is 0 Å². The zero-order valence-electron chi connectivity index (χ0n) is 17.2. The summed E-state index contributed by atoms with van der Waals surface area (Å²) >= 11 is 15.0. The summed E-state index contributed by atoms with van der Waals surface area (Å²) in [6.07, 6.45) is 2.98. The number of hydrogen-bond acceptors (Lipinski definition) is 5. The van der Waals surface area contributed by atoms with Crippen LogP contribution in [-0.2, 0) is 16.2 Å². The molecule has 2 aromatic carbocycles. The SMILES string of the molecule is C=CCN1C(=O)/C(=C/c2cc(Cl)c(OCc3ccc(Br)cc3)c(OCC)c2)C(=O)NC1=S. The number of hydrogen-bond donors (Lipinski definition) is 1. The number of benzene rings is 2. The standard InChI is InChI=1S/C23H20BrClN2O4S/c1-3-9-27-22(29)17(21(28)26-23(27)32)10-15-11-18(25)20(19(12-15)30-4-2)31-13-14-5-7-16(24)8-6-14/h3,5-8,10-12H,1,4,9,13H2,2H3,(H,26,28,32)/b17-10+. The lowest BCUT2D eigenvalue weighted by molar-refractivity contribution is -0.128. The largest absolute Gasteiger partial charge is 0.490 e. The molecule has 0 radical (unpaired) electrons. The Morgan fingerprint density at radius 3 is 2.59 bits per heavy atom. The summed E-state index contributed by atoms with van der Waals surface area (Å²) in [4.78, 5) is 26.4. The van der Waals surface area contributed by atoms with Crippen LogP contribution >= 0.6 is 39.7 Å². The lowest BCUT2D eigenvalue weighted by Gasteiger charge is -2.27. The second kappa shape index (κ2) is 10.8. The molecule has 6 nitrogen and oxygen atoms in total. The van der Waals surface area contributed by atoms with Crippen molar-refractivity contribution >= 4 is 62.8 Å². The van der Waals surface area contributed by atoms with Gasteiger partial charge >= 0.3 is 0 Å². The van der Waals surface area contributed by atoms with E-state index >= 15 is 0 Å². The van der Waals surface area contributed by atoms with Crippen molar-refractivity contribution < 1.29 is 19.1 Å². The molecule has 2 aromatic rings. The van der Waals surface area contributed by atoms with E-state index in [0.717, 1.165) is 10.0 Å². The predicted molar refractivity (Wildman–Crippen MR) is 132 cm³/mol. The molecule has 1 aliphatic heterocycles. The van der Waals surface area contributed by atoms with Gasteiger partial charge in [-0.15, -0.1) is 6.58 Å². The van der Waals surface area contributed by atoms with Crippen LogP contribution in [-0.4, -0.2) is 35.0 Å². The molecule has 0 saturated carbocycles. The summed E-state index contributed by atoms with van der Waals surface area (Å²) in [7, 11) is 0. The molecule has 0 aliphatic carbocycles. The molecule has 1 fully saturated rings. The first kappa shape index (κ1) is 24.0. The van der Waals surface area contributed by atoms with Gasteiger partial charge in [0, 0.05) is 11.0 Å². The van der Waals surface area contributed by atoms with Gasteiger partial charge in [0.2, 0.25) is 0 Å². The van der Waals surface area contributed by atoms with Crippen LogP contribution in [0.4, 0.5) is 0 Å². The Kier molecular flexibility index (Phi) is 8.06. The normalized spacial score (nSPS) is 15.0. The summed E-state index contributed by atoms with van der Waals surface area (Å²) in [6.45, 7) is 6.31. The summed E-state index contributed by atoms with van der Waals surface area (Å²) in [5.41, 5.74) is 1.41. The number of nitrogens with zero attached hydrogens (tertiary/aromatic N) is 1.